The highest BCUT2D eigenvalue weighted by Crippen LogP contribution is 2.30. The van der Waals surface area contributed by atoms with Gasteiger partial charge in [-0.2, -0.15) is 0 Å². The van der Waals surface area contributed by atoms with Gasteiger partial charge in [-0.3, -0.25) is 0 Å². The second-order valence-electron chi connectivity index (χ2n) is 4.40. The van der Waals surface area contributed by atoms with Gasteiger partial charge < -0.3 is 11.5 Å². The largest absolute Gasteiger partial charge is 0.330 e. The van der Waals surface area contributed by atoms with E-state index in [-0.39, 0.29) is 5.41 Å². The van der Waals surface area contributed by atoms with Crippen molar-refractivity contribution in [2.75, 3.05) is 13.1 Å². The molecule has 0 amide bonds. The Labute approximate surface area is 95.1 Å². The summed E-state index contributed by atoms with van der Waals surface area (Å²) in [4.78, 5) is 0. The first kappa shape index (κ1) is 14.7. The molecule has 0 aromatic rings. The minimum absolute atomic E-state index is 0.212. The molecule has 0 heterocycles. The highest BCUT2D eigenvalue weighted by Gasteiger charge is 2.23. The Morgan fingerprint density at radius 3 is 2.27 bits per heavy atom. The Morgan fingerprint density at radius 1 is 1.07 bits per heavy atom. The monoisotopic (exact) mass is 212 g/mol. The third-order valence-corrected chi connectivity index (χ3v) is 2.96. The lowest BCUT2D eigenvalue weighted by atomic mass is 9.78. The number of unbranched alkanes of at least 4 members (excludes halogenated alkanes) is 1. The molecule has 0 aliphatic rings. The number of rotatable bonds is 9. The summed E-state index contributed by atoms with van der Waals surface area (Å²) in [6.07, 6.45) is 11.6. The molecule has 0 aromatic carbocycles. The molecule has 1 atom stereocenters. The van der Waals surface area contributed by atoms with Gasteiger partial charge in [0, 0.05) is 12.0 Å². The van der Waals surface area contributed by atoms with Gasteiger partial charge >= 0.3 is 0 Å². The first-order chi connectivity index (χ1) is 7.24. The lowest BCUT2D eigenvalue weighted by Gasteiger charge is -2.29. The zero-order valence-corrected chi connectivity index (χ0v) is 10.5. The Kier molecular flexibility index (Phi) is 8.73. The zero-order chi connectivity index (χ0) is 11.6. The summed E-state index contributed by atoms with van der Waals surface area (Å²) < 4.78 is 0. The number of nitrogens with two attached hydrogens (primary N) is 2. The van der Waals surface area contributed by atoms with Crippen molar-refractivity contribution in [3.8, 4) is 0 Å². The Bertz CT molecular complexity index is 166. The fourth-order valence-electron chi connectivity index (χ4n) is 2.02. The second-order valence-corrected chi connectivity index (χ2v) is 4.40. The van der Waals surface area contributed by atoms with Crippen molar-refractivity contribution < 1.29 is 0 Å². The molecule has 2 heteroatoms. The van der Waals surface area contributed by atoms with Crippen molar-refractivity contribution in [2.24, 2.45) is 16.9 Å². The fourth-order valence-corrected chi connectivity index (χ4v) is 2.02. The summed E-state index contributed by atoms with van der Waals surface area (Å²) in [6.45, 7) is 5.95. The van der Waals surface area contributed by atoms with E-state index in [1.54, 1.807) is 0 Å². The maximum absolute atomic E-state index is 5.92. The third-order valence-electron chi connectivity index (χ3n) is 2.96. The van der Waals surface area contributed by atoms with Gasteiger partial charge in [0.25, 0.3) is 0 Å². The molecular weight excluding hydrogens is 184 g/mol. The first-order valence-corrected chi connectivity index (χ1v) is 6.32. The summed E-state index contributed by atoms with van der Waals surface area (Å²) in [7, 11) is 0. The molecule has 0 aliphatic heterocycles. The standard InChI is InChI=1S/C13H28N2/c1-3-5-6-9-13(12-15,8-4-2)10-7-11-14/h6,9H,3-5,7-8,10-12,14-15H2,1-2H3. The Hall–Kier alpha value is -0.340. The molecule has 0 aliphatic carbocycles. The van der Waals surface area contributed by atoms with Gasteiger partial charge in [-0.25, -0.2) is 0 Å². The van der Waals surface area contributed by atoms with Gasteiger partial charge in [0.15, 0.2) is 0 Å². The van der Waals surface area contributed by atoms with Crippen LogP contribution in [-0.4, -0.2) is 13.1 Å². The van der Waals surface area contributed by atoms with Crippen LogP contribution in [0, 0.1) is 5.41 Å². The zero-order valence-electron chi connectivity index (χ0n) is 10.5. The van der Waals surface area contributed by atoms with Crippen LogP contribution >= 0.6 is 0 Å². The fraction of sp³-hybridized carbons (Fsp3) is 0.846. The van der Waals surface area contributed by atoms with Crippen molar-refractivity contribution in [2.45, 2.75) is 52.4 Å². The van der Waals surface area contributed by atoms with Crippen LogP contribution in [-0.2, 0) is 0 Å². The second kappa shape index (κ2) is 8.93. The van der Waals surface area contributed by atoms with E-state index in [1.165, 1.54) is 19.3 Å². The van der Waals surface area contributed by atoms with Crippen molar-refractivity contribution in [3.63, 3.8) is 0 Å². The van der Waals surface area contributed by atoms with Crippen LogP contribution in [0.25, 0.3) is 0 Å². The molecule has 0 spiro atoms. The lowest BCUT2D eigenvalue weighted by Crippen LogP contribution is -2.29. The number of hydrogen-bond donors (Lipinski definition) is 2. The van der Waals surface area contributed by atoms with Gasteiger partial charge in [-0.1, -0.05) is 38.8 Å². The molecule has 0 rings (SSSR count). The molecule has 0 fully saturated rings. The van der Waals surface area contributed by atoms with E-state index in [1.807, 2.05) is 0 Å². The molecule has 2 nitrogen and oxygen atoms in total. The predicted octanol–water partition coefficient (Wildman–Crippen LogP) is 2.83. The minimum atomic E-state index is 0.212. The number of hydrogen-bond acceptors (Lipinski definition) is 2. The SMILES string of the molecule is CCCC=CC(CN)(CCC)CCCN. The maximum atomic E-state index is 5.92. The van der Waals surface area contributed by atoms with Crippen molar-refractivity contribution in [1.29, 1.82) is 0 Å². The number of allylic oxidation sites excluding steroid dienone is 1. The molecule has 0 radical (unpaired) electrons. The van der Waals surface area contributed by atoms with E-state index in [2.05, 4.69) is 26.0 Å². The molecule has 1 unspecified atom stereocenters. The molecule has 15 heavy (non-hydrogen) atoms. The molecule has 4 N–H and O–H groups in total. The molecule has 0 aromatic heterocycles. The van der Waals surface area contributed by atoms with Crippen LogP contribution in [0.5, 0.6) is 0 Å². The molecule has 0 saturated carbocycles. The van der Waals surface area contributed by atoms with Gasteiger partial charge in [-0.05, 0) is 32.2 Å². The Balaban J connectivity index is 4.34. The van der Waals surface area contributed by atoms with E-state index >= 15 is 0 Å². The summed E-state index contributed by atoms with van der Waals surface area (Å²) in [5.41, 5.74) is 11.7. The van der Waals surface area contributed by atoms with Gasteiger partial charge in [0.1, 0.15) is 0 Å². The first-order valence-electron chi connectivity index (χ1n) is 6.32. The van der Waals surface area contributed by atoms with Crippen molar-refractivity contribution in [3.05, 3.63) is 12.2 Å². The quantitative estimate of drug-likeness (QED) is 0.577. The molecule has 90 valence electrons. The molecule has 0 bridgehead atoms. The van der Waals surface area contributed by atoms with Crippen molar-refractivity contribution in [1.82, 2.24) is 0 Å². The molecular formula is C13H28N2. The summed E-state index contributed by atoms with van der Waals surface area (Å²) in [6, 6.07) is 0. The minimum Gasteiger partial charge on any atom is -0.330 e. The highest BCUT2D eigenvalue weighted by molar-refractivity contribution is 5.00. The van der Waals surface area contributed by atoms with Crippen LogP contribution in [0.3, 0.4) is 0 Å². The van der Waals surface area contributed by atoms with Crippen LogP contribution in [0.15, 0.2) is 12.2 Å². The normalized spacial score (nSPS) is 15.7. The highest BCUT2D eigenvalue weighted by atomic mass is 14.6. The van der Waals surface area contributed by atoms with Crippen LogP contribution in [0.1, 0.15) is 52.4 Å². The van der Waals surface area contributed by atoms with Gasteiger partial charge in [0.05, 0.1) is 0 Å². The van der Waals surface area contributed by atoms with Gasteiger partial charge in [-0.15, -0.1) is 0 Å². The lowest BCUT2D eigenvalue weighted by molar-refractivity contribution is 0.322. The summed E-state index contributed by atoms with van der Waals surface area (Å²) in [5, 5.41) is 0. The van der Waals surface area contributed by atoms with Crippen LogP contribution < -0.4 is 11.5 Å². The van der Waals surface area contributed by atoms with E-state index < -0.39 is 0 Å². The molecule has 0 saturated heterocycles. The third kappa shape index (κ3) is 5.95. The smallest absolute Gasteiger partial charge is 0.00142 e. The van der Waals surface area contributed by atoms with E-state index in [0.717, 1.165) is 32.4 Å². The van der Waals surface area contributed by atoms with E-state index in [9.17, 15) is 0 Å². The van der Waals surface area contributed by atoms with E-state index in [4.69, 9.17) is 11.5 Å². The van der Waals surface area contributed by atoms with E-state index in [0.29, 0.717) is 0 Å². The van der Waals surface area contributed by atoms with Crippen LogP contribution in [0.2, 0.25) is 0 Å². The average molecular weight is 212 g/mol. The van der Waals surface area contributed by atoms with Crippen molar-refractivity contribution >= 4 is 0 Å². The Morgan fingerprint density at radius 2 is 1.80 bits per heavy atom. The summed E-state index contributed by atoms with van der Waals surface area (Å²) >= 11 is 0. The topological polar surface area (TPSA) is 52.0 Å². The maximum Gasteiger partial charge on any atom is 0.00142 e. The van der Waals surface area contributed by atoms with Crippen LogP contribution in [0.4, 0.5) is 0 Å². The predicted molar refractivity (Wildman–Crippen MR) is 68.7 cm³/mol. The summed E-state index contributed by atoms with van der Waals surface area (Å²) in [5.74, 6) is 0. The average Bonchev–Trinajstić information content (AvgIpc) is 2.26. The van der Waals surface area contributed by atoms with Gasteiger partial charge in [0.2, 0.25) is 0 Å².